The van der Waals surface area contributed by atoms with Crippen LogP contribution >= 0.6 is 15.9 Å². The van der Waals surface area contributed by atoms with E-state index in [0.29, 0.717) is 0 Å². The third kappa shape index (κ3) is 3.31. The highest BCUT2D eigenvalue weighted by atomic mass is 79.9. The Morgan fingerprint density at radius 3 is 2.27 bits per heavy atom. The minimum absolute atomic E-state index is 0.222. The summed E-state index contributed by atoms with van der Waals surface area (Å²) < 4.78 is 6.91. The first-order chi connectivity index (χ1) is 6.72. The van der Waals surface area contributed by atoms with Gasteiger partial charge in [-0.1, -0.05) is 20.8 Å². The van der Waals surface area contributed by atoms with E-state index in [1.165, 1.54) is 0 Å². The van der Waals surface area contributed by atoms with E-state index < -0.39 is 8.32 Å². The molecule has 84 valence electrons. The summed E-state index contributed by atoms with van der Waals surface area (Å²) in [4.78, 5) is 4.16. The summed E-state index contributed by atoms with van der Waals surface area (Å²) in [5, 5.41) is 0.222. The van der Waals surface area contributed by atoms with Gasteiger partial charge in [-0.3, -0.25) is 0 Å². The van der Waals surface area contributed by atoms with Crippen LogP contribution in [0.15, 0.2) is 22.9 Å². The summed E-state index contributed by atoms with van der Waals surface area (Å²) in [5.41, 5.74) is 0. The molecule has 0 aliphatic heterocycles. The van der Waals surface area contributed by atoms with Crippen molar-refractivity contribution in [1.82, 2.24) is 4.98 Å². The fourth-order valence-corrected chi connectivity index (χ4v) is 2.12. The fourth-order valence-electron chi connectivity index (χ4n) is 0.870. The molecule has 0 amide bonds. The first-order valence-electron chi connectivity index (χ1n) is 5.03. The zero-order valence-electron chi connectivity index (χ0n) is 9.97. The summed E-state index contributed by atoms with van der Waals surface area (Å²) >= 11 is 3.31. The van der Waals surface area contributed by atoms with Crippen LogP contribution in [0.2, 0.25) is 18.1 Å². The first kappa shape index (κ1) is 12.7. The lowest BCUT2D eigenvalue weighted by Crippen LogP contribution is -2.43. The summed E-state index contributed by atoms with van der Waals surface area (Å²) in [6, 6.07) is 3.86. The number of aromatic nitrogens is 1. The minimum atomic E-state index is -1.72. The van der Waals surface area contributed by atoms with Crippen molar-refractivity contribution in [2.24, 2.45) is 0 Å². The third-order valence-corrected chi connectivity index (χ3v) is 7.71. The molecule has 0 atom stereocenters. The highest BCUT2D eigenvalue weighted by Crippen LogP contribution is 2.37. The third-order valence-electron chi connectivity index (χ3n) is 2.88. The SMILES string of the molecule is CC(C)(C)[Si](C)(C)Oc1ccc(Br)nc1. The van der Waals surface area contributed by atoms with Gasteiger partial charge in [-0.25, -0.2) is 4.98 Å². The number of nitrogens with zero attached hydrogens (tertiary/aromatic N) is 1. The number of hydrogen-bond acceptors (Lipinski definition) is 2. The molecule has 2 nitrogen and oxygen atoms in total. The number of rotatable bonds is 2. The molecule has 0 aromatic carbocycles. The molecule has 1 heterocycles. The Labute approximate surface area is 101 Å². The van der Waals surface area contributed by atoms with Gasteiger partial charge in [0.25, 0.3) is 8.32 Å². The van der Waals surface area contributed by atoms with Crippen molar-refractivity contribution in [1.29, 1.82) is 0 Å². The van der Waals surface area contributed by atoms with Gasteiger partial charge in [-0.15, -0.1) is 0 Å². The zero-order chi connectivity index (χ0) is 11.7. The monoisotopic (exact) mass is 287 g/mol. The quantitative estimate of drug-likeness (QED) is 0.600. The molecule has 0 aliphatic rings. The van der Waals surface area contributed by atoms with Crippen molar-refractivity contribution < 1.29 is 4.43 Å². The molecule has 0 saturated heterocycles. The molecule has 15 heavy (non-hydrogen) atoms. The molecule has 1 aromatic rings. The van der Waals surface area contributed by atoms with Crippen molar-refractivity contribution in [3.8, 4) is 5.75 Å². The van der Waals surface area contributed by atoms with Crippen molar-refractivity contribution >= 4 is 24.2 Å². The largest absolute Gasteiger partial charge is 0.542 e. The molecule has 0 spiro atoms. The van der Waals surface area contributed by atoms with Crippen molar-refractivity contribution in [2.45, 2.75) is 38.9 Å². The summed E-state index contributed by atoms with van der Waals surface area (Å²) in [5.74, 6) is 0.866. The number of pyridine rings is 1. The van der Waals surface area contributed by atoms with Gasteiger partial charge in [-0.05, 0) is 46.2 Å². The van der Waals surface area contributed by atoms with E-state index in [1.54, 1.807) is 6.20 Å². The van der Waals surface area contributed by atoms with Crippen molar-refractivity contribution in [2.75, 3.05) is 0 Å². The van der Waals surface area contributed by atoms with E-state index in [1.807, 2.05) is 12.1 Å². The van der Waals surface area contributed by atoms with Gasteiger partial charge in [0.2, 0.25) is 0 Å². The summed E-state index contributed by atoms with van der Waals surface area (Å²) in [6.07, 6.45) is 1.77. The first-order valence-corrected chi connectivity index (χ1v) is 8.73. The van der Waals surface area contributed by atoms with E-state index in [4.69, 9.17) is 4.43 Å². The average Bonchev–Trinajstić information content (AvgIpc) is 2.06. The standard InChI is InChI=1S/C11H18BrNOSi/c1-11(2,3)15(4,5)14-9-6-7-10(12)13-8-9/h6-8H,1-5H3. The fraction of sp³-hybridized carbons (Fsp3) is 0.545. The lowest BCUT2D eigenvalue weighted by molar-refractivity contribution is 0.490. The second-order valence-corrected chi connectivity index (χ2v) is 10.7. The van der Waals surface area contributed by atoms with Crippen LogP contribution < -0.4 is 4.43 Å². The highest BCUT2D eigenvalue weighted by molar-refractivity contribution is 9.10. The van der Waals surface area contributed by atoms with E-state index in [-0.39, 0.29) is 5.04 Å². The second-order valence-electron chi connectivity index (χ2n) is 5.18. The molecule has 0 N–H and O–H groups in total. The lowest BCUT2D eigenvalue weighted by Gasteiger charge is -2.36. The maximum absolute atomic E-state index is 6.08. The van der Waals surface area contributed by atoms with Gasteiger partial charge in [0.15, 0.2) is 0 Å². The van der Waals surface area contributed by atoms with Crippen molar-refractivity contribution in [3.63, 3.8) is 0 Å². The molecule has 0 unspecified atom stereocenters. The molecule has 1 aromatic heterocycles. The van der Waals surface area contributed by atoms with Crippen LogP contribution in [-0.4, -0.2) is 13.3 Å². The Hall–Kier alpha value is -0.353. The molecule has 4 heteroatoms. The van der Waals surface area contributed by atoms with Gasteiger partial charge < -0.3 is 4.43 Å². The van der Waals surface area contributed by atoms with E-state index >= 15 is 0 Å². The van der Waals surface area contributed by atoms with Crippen LogP contribution in [0.3, 0.4) is 0 Å². The molecule has 0 saturated carbocycles. The maximum atomic E-state index is 6.08. The molecule has 1 rings (SSSR count). The number of hydrogen-bond donors (Lipinski definition) is 0. The van der Waals surface area contributed by atoms with Gasteiger partial charge in [0, 0.05) is 0 Å². The predicted octanol–water partition coefficient (Wildman–Crippen LogP) is 4.23. The second kappa shape index (κ2) is 4.26. The summed E-state index contributed by atoms with van der Waals surface area (Å²) in [7, 11) is -1.72. The highest BCUT2D eigenvalue weighted by Gasteiger charge is 2.38. The normalized spacial score (nSPS) is 12.7. The molecular formula is C11H18BrNOSi. The lowest BCUT2D eigenvalue weighted by atomic mass is 10.2. The topological polar surface area (TPSA) is 22.1 Å². The van der Waals surface area contributed by atoms with E-state index in [0.717, 1.165) is 10.4 Å². The average molecular weight is 288 g/mol. The van der Waals surface area contributed by atoms with Crippen LogP contribution in [0.4, 0.5) is 0 Å². The molecule has 0 bridgehead atoms. The minimum Gasteiger partial charge on any atom is -0.542 e. The molecule has 0 radical (unpaired) electrons. The maximum Gasteiger partial charge on any atom is 0.250 e. The Morgan fingerprint density at radius 1 is 1.27 bits per heavy atom. The molecular weight excluding hydrogens is 270 g/mol. The summed E-state index contributed by atoms with van der Waals surface area (Å²) in [6.45, 7) is 11.1. The van der Waals surface area contributed by atoms with Crippen LogP contribution in [0.5, 0.6) is 5.75 Å². The Bertz CT molecular complexity index is 329. The van der Waals surface area contributed by atoms with Gasteiger partial charge in [0.1, 0.15) is 10.4 Å². The van der Waals surface area contributed by atoms with Crippen LogP contribution in [-0.2, 0) is 0 Å². The van der Waals surface area contributed by atoms with Crippen LogP contribution in [0.25, 0.3) is 0 Å². The van der Waals surface area contributed by atoms with E-state index in [2.05, 4.69) is 54.8 Å². The van der Waals surface area contributed by atoms with Gasteiger partial charge in [-0.2, -0.15) is 0 Å². The molecule has 0 fully saturated rings. The molecule has 0 aliphatic carbocycles. The van der Waals surface area contributed by atoms with Crippen molar-refractivity contribution in [3.05, 3.63) is 22.9 Å². The van der Waals surface area contributed by atoms with Crippen LogP contribution in [0.1, 0.15) is 20.8 Å². The Balaban J connectivity index is 2.82. The predicted molar refractivity (Wildman–Crippen MR) is 69.8 cm³/mol. The smallest absolute Gasteiger partial charge is 0.250 e. The van der Waals surface area contributed by atoms with Gasteiger partial charge >= 0.3 is 0 Å². The zero-order valence-corrected chi connectivity index (χ0v) is 12.6. The Kier molecular flexibility index (Phi) is 3.61. The van der Waals surface area contributed by atoms with E-state index in [9.17, 15) is 0 Å². The Morgan fingerprint density at radius 2 is 1.87 bits per heavy atom. The van der Waals surface area contributed by atoms with Gasteiger partial charge in [0.05, 0.1) is 6.20 Å². The van der Waals surface area contributed by atoms with Crippen LogP contribution in [0, 0.1) is 0 Å². The number of halogens is 1.